The zero-order valence-electron chi connectivity index (χ0n) is 16.1. The fourth-order valence-electron chi connectivity index (χ4n) is 3.38. The summed E-state index contributed by atoms with van der Waals surface area (Å²) in [5, 5.41) is 10.4. The summed E-state index contributed by atoms with van der Waals surface area (Å²) in [7, 11) is 1.65. The van der Waals surface area contributed by atoms with E-state index in [1.807, 2.05) is 66.2 Å². The highest BCUT2D eigenvalue weighted by molar-refractivity contribution is 5.89. The zero-order valence-corrected chi connectivity index (χ0v) is 16.1. The SMILES string of the molecule is COc1ccc(C(NC(=O)Nc2cccc(-n3nccc3C)c2)C2CC2)cc1. The highest BCUT2D eigenvalue weighted by Gasteiger charge is 2.33. The molecule has 1 atom stereocenters. The van der Waals surface area contributed by atoms with E-state index in [1.54, 1.807) is 13.3 Å². The van der Waals surface area contributed by atoms with Crippen LogP contribution in [0, 0.1) is 12.8 Å². The third-order valence-corrected chi connectivity index (χ3v) is 5.04. The Morgan fingerprint density at radius 2 is 1.96 bits per heavy atom. The molecule has 0 bridgehead atoms. The Kier molecular flexibility index (Phi) is 5.02. The second-order valence-corrected chi connectivity index (χ2v) is 7.12. The van der Waals surface area contributed by atoms with E-state index < -0.39 is 0 Å². The third kappa shape index (κ3) is 4.01. The molecule has 1 aliphatic rings. The van der Waals surface area contributed by atoms with Crippen LogP contribution in [0.4, 0.5) is 10.5 Å². The van der Waals surface area contributed by atoms with Crippen LogP contribution < -0.4 is 15.4 Å². The van der Waals surface area contributed by atoms with Gasteiger partial charge >= 0.3 is 6.03 Å². The number of rotatable bonds is 6. The van der Waals surface area contributed by atoms with Crippen molar-refractivity contribution in [1.82, 2.24) is 15.1 Å². The van der Waals surface area contributed by atoms with Gasteiger partial charge in [0.05, 0.1) is 18.8 Å². The van der Waals surface area contributed by atoms with Gasteiger partial charge in [0.1, 0.15) is 5.75 Å². The molecular weight excluding hydrogens is 352 g/mol. The molecule has 0 radical (unpaired) electrons. The van der Waals surface area contributed by atoms with Gasteiger partial charge in [0.15, 0.2) is 0 Å². The molecule has 2 aromatic carbocycles. The molecule has 6 heteroatoms. The maximum Gasteiger partial charge on any atom is 0.319 e. The van der Waals surface area contributed by atoms with Gasteiger partial charge in [0, 0.05) is 17.6 Å². The van der Waals surface area contributed by atoms with Crippen LogP contribution in [-0.4, -0.2) is 22.9 Å². The number of hydrogen-bond acceptors (Lipinski definition) is 3. The number of nitrogens with zero attached hydrogens (tertiary/aromatic N) is 2. The van der Waals surface area contributed by atoms with Crippen molar-refractivity contribution < 1.29 is 9.53 Å². The summed E-state index contributed by atoms with van der Waals surface area (Å²) in [4.78, 5) is 12.6. The van der Waals surface area contributed by atoms with E-state index in [2.05, 4.69) is 15.7 Å². The summed E-state index contributed by atoms with van der Waals surface area (Å²) in [6.07, 6.45) is 4.02. The van der Waals surface area contributed by atoms with Gasteiger partial charge in [0.25, 0.3) is 0 Å². The van der Waals surface area contributed by atoms with Crippen LogP contribution in [0.2, 0.25) is 0 Å². The highest BCUT2D eigenvalue weighted by atomic mass is 16.5. The Morgan fingerprint density at radius 1 is 1.18 bits per heavy atom. The Morgan fingerprint density at radius 3 is 2.61 bits per heavy atom. The van der Waals surface area contributed by atoms with Crippen LogP contribution in [0.1, 0.15) is 30.1 Å². The molecule has 0 saturated heterocycles. The van der Waals surface area contributed by atoms with Gasteiger partial charge in [0.2, 0.25) is 0 Å². The van der Waals surface area contributed by atoms with Crippen molar-refractivity contribution >= 4 is 11.7 Å². The Hall–Kier alpha value is -3.28. The fourth-order valence-corrected chi connectivity index (χ4v) is 3.38. The molecular formula is C22H24N4O2. The number of aromatic nitrogens is 2. The van der Waals surface area contributed by atoms with Crippen molar-refractivity contribution in [1.29, 1.82) is 0 Å². The van der Waals surface area contributed by atoms with E-state index >= 15 is 0 Å². The average Bonchev–Trinajstić information content (AvgIpc) is 3.46. The molecule has 6 nitrogen and oxygen atoms in total. The van der Waals surface area contributed by atoms with Crippen LogP contribution >= 0.6 is 0 Å². The van der Waals surface area contributed by atoms with Crippen LogP contribution in [0.15, 0.2) is 60.8 Å². The molecule has 1 unspecified atom stereocenters. The average molecular weight is 376 g/mol. The highest BCUT2D eigenvalue weighted by Crippen LogP contribution is 2.41. The first-order valence-electron chi connectivity index (χ1n) is 9.46. The number of nitrogens with one attached hydrogen (secondary N) is 2. The molecule has 1 aromatic heterocycles. The predicted octanol–water partition coefficient (Wildman–Crippen LogP) is 4.46. The van der Waals surface area contributed by atoms with Gasteiger partial charge in [-0.05, 0) is 67.6 Å². The van der Waals surface area contributed by atoms with E-state index in [1.165, 1.54) is 0 Å². The standard InChI is InChI=1S/C22H24N4O2/c1-15-12-13-23-26(15)19-5-3-4-18(14-19)24-22(27)25-21(16-6-7-16)17-8-10-20(28-2)11-9-17/h3-5,8-14,16,21H,6-7H2,1-2H3,(H2,24,25,27). The first kappa shape index (κ1) is 18.1. The summed E-state index contributed by atoms with van der Waals surface area (Å²) in [5.41, 5.74) is 3.78. The molecule has 2 N–H and O–H groups in total. The minimum Gasteiger partial charge on any atom is -0.497 e. The van der Waals surface area contributed by atoms with Crippen LogP contribution in [-0.2, 0) is 0 Å². The zero-order chi connectivity index (χ0) is 19.5. The smallest absolute Gasteiger partial charge is 0.319 e. The normalized spacial score (nSPS) is 14.4. The van der Waals surface area contributed by atoms with E-state index in [-0.39, 0.29) is 12.1 Å². The minimum atomic E-state index is -0.206. The molecule has 0 aliphatic heterocycles. The number of carbonyl (C=O) groups is 1. The molecule has 144 valence electrons. The van der Waals surface area contributed by atoms with Crippen molar-refractivity contribution in [3.05, 3.63) is 72.1 Å². The quantitative estimate of drug-likeness (QED) is 0.667. The van der Waals surface area contributed by atoms with E-state index in [4.69, 9.17) is 4.74 Å². The van der Waals surface area contributed by atoms with Gasteiger partial charge in [-0.1, -0.05) is 18.2 Å². The number of hydrogen-bond donors (Lipinski definition) is 2. The predicted molar refractivity (Wildman–Crippen MR) is 109 cm³/mol. The molecule has 2 amide bonds. The Labute approximate surface area is 164 Å². The maximum absolute atomic E-state index is 12.6. The summed E-state index contributed by atoms with van der Waals surface area (Å²) in [6, 6.07) is 17.3. The number of aryl methyl sites for hydroxylation is 1. The topological polar surface area (TPSA) is 68.2 Å². The lowest BCUT2D eigenvalue weighted by atomic mass is 10.0. The summed E-state index contributed by atoms with van der Waals surface area (Å²) in [6.45, 7) is 1.99. The lowest BCUT2D eigenvalue weighted by molar-refractivity contribution is 0.247. The van der Waals surface area contributed by atoms with E-state index in [9.17, 15) is 4.79 Å². The van der Waals surface area contributed by atoms with Crippen molar-refractivity contribution in [2.24, 2.45) is 5.92 Å². The number of benzene rings is 2. The van der Waals surface area contributed by atoms with Crippen molar-refractivity contribution in [2.45, 2.75) is 25.8 Å². The molecule has 1 aliphatic carbocycles. The largest absolute Gasteiger partial charge is 0.497 e. The number of ether oxygens (including phenoxy) is 1. The number of anilines is 1. The van der Waals surface area contributed by atoms with Crippen LogP contribution in [0.3, 0.4) is 0 Å². The van der Waals surface area contributed by atoms with Crippen molar-refractivity contribution in [3.8, 4) is 11.4 Å². The number of amides is 2. The molecule has 1 heterocycles. The van der Waals surface area contributed by atoms with Gasteiger partial charge in [-0.3, -0.25) is 0 Å². The molecule has 28 heavy (non-hydrogen) atoms. The molecule has 1 saturated carbocycles. The van der Waals surface area contributed by atoms with Crippen molar-refractivity contribution in [3.63, 3.8) is 0 Å². The Bertz CT molecular complexity index is 961. The fraction of sp³-hybridized carbons (Fsp3) is 0.273. The molecule has 1 fully saturated rings. The van der Waals surface area contributed by atoms with E-state index in [0.717, 1.165) is 41.2 Å². The van der Waals surface area contributed by atoms with Gasteiger partial charge < -0.3 is 15.4 Å². The third-order valence-electron chi connectivity index (χ3n) is 5.04. The Balaban J connectivity index is 1.46. The summed E-state index contributed by atoms with van der Waals surface area (Å²) < 4.78 is 7.07. The molecule has 4 rings (SSSR count). The number of methoxy groups -OCH3 is 1. The first-order chi connectivity index (χ1) is 13.6. The lowest BCUT2D eigenvalue weighted by Crippen LogP contribution is -2.33. The van der Waals surface area contributed by atoms with Crippen LogP contribution in [0.25, 0.3) is 5.69 Å². The summed E-state index contributed by atoms with van der Waals surface area (Å²) in [5.74, 6) is 1.30. The van der Waals surface area contributed by atoms with Gasteiger partial charge in [-0.2, -0.15) is 5.10 Å². The maximum atomic E-state index is 12.6. The van der Waals surface area contributed by atoms with Crippen LogP contribution in [0.5, 0.6) is 5.75 Å². The molecule has 3 aromatic rings. The second kappa shape index (κ2) is 7.76. The number of urea groups is 1. The lowest BCUT2D eigenvalue weighted by Gasteiger charge is -2.20. The van der Waals surface area contributed by atoms with Gasteiger partial charge in [-0.15, -0.1) is 0 Å². The second-order valence-electron chi connectivity index (χ2n) is 7.12. The number of carbonyl (C=O) groups excluding carboxylic acids is 1. The van der Waals surface area contributed by atoms with E-state index in [0.29, 0.717) is 5.92 Å². The summed E-state index contributed by atoms with van der Waals surface area (Å²) >= 11 is 0. The molecule has 0 spiro atoms. The van der Waals surface area contributed by atoms with Crippen molar-refractivity contribution in [2.75, 3.05) is 12.4 Å². The van der Waals surface area contributed by atoms with Gasteiger partial charge in [-0.25, -0.2) is 9.48 Å². The monoisotopic (exact) mass is 376 g/mol. The minimum absolute atomic E-state index is 0.00227. The first-order valence-corrected chi connectivity index (χ1v) is 9.46.